The molecule has 1 N–H and O–H groups in total. The minimum absolute atomic E-state index is 0.0271. The molecule has 2 aromatic carbocycles. The van der Waals surface area contributed by atoms with Crippen LogP contribution >= 0.6 is 0 Å². The summed E-state index contributed by atoms with van der Waals surface area (Å²) in [7, 11) is 1.58. The van der Waals surface area contributed by atoms with Crippen LogP contribution < -0.4 is 19.7 Å². The molecule has 0 bridgehead atoms. The zero-order valence-corrected chi connectivity index (χ0v) is 15.2. The van der Waals surface area contributed by atoms with Gasteiger partial charge in [-0.2, -0.15) is 0 Å². The predicted octanol–water partition coefficient (Wildman–Crippen LogP) is 2.68. The second-order valence-electron chi connectivity index (χ2n) is 6.10. The third-order valence-corrected chi connectivity index (χ3v) is 4.26. The van der Waals surface area contributed by atoms with Crippen LogP contribution in [0.5, 0.6) is 11.5 Å². The minimum atomic E-state index is -0.233. The lowest BCUT2D eigenvalue weighted by molar-refractivity contribution is -0.117. The number of methoxy groups -OCH3 is 1. The van der Waals surface area contributed by atoms with Gasteiger partial charge in [0.2, 0.25) is 5.91 Å². The molecular formula is C20H22N2O4. The Morgan fingerprint density at radius 2 is 1.92 bits per heavy atom. The number of nitrogens with one attached hydrogen (secondary N) is 1. The number of ether oxygens (including phenoxy) is 2. The Kier molecular flexibility index (Phi) is 5.11. The van der Waals surface area contributed by atoms with Crippen LogP contribution in [-0.4, -0.2) is 32.1 Å². The van der Waals surface area contributed by atoms with Gasteiger partial charge in [0.1, 0.15) is 0 Å². The quantitative estimate of drug-likeness (QED) is 0.896. The van der Waals surface area contributed by atoms with Crippen molar-refractivity contribution in [2.45, 2.75) is 20.4 Å². The van der Waals surface area contributed by atoms with E-state index < -0.39 is 0 Å². The average molecular weight is 354 g/mol. The number of benzene rings is 2. The van der Waals surface area contributed by atoms with Crippen LogP contribution in [0.25, 0.3) is 0 Å². The number of carbonyl (C=O) groups is 2. The van der Waals surface area contributed by atoms with E-state index in [1.54, 1.807) is 18.1 Å². The van der Waals surface area contributed by atoms with Gasteiger partial charge in [-0.1, -0.05) is 17.7 Å². The minimum Gasteiger partial charge on any atom is -0.493 e. The predicted molar refractivity (Wildman–Crippen MR) is 98.9 cm³/mol. The number of hydrogen-bond donors (Lipinski definition) is 1. The first-order chi connectivity index (χ1) is 12.5. The van der Waals surface area contributed by atoms with Crippen molar-refractivity contribution in [3.63, 3.8) is 0 Å². The average Bonchev–Trinajstić information content (AvgIpc) is 2.75. The standard InChI is InChI=1S/C20H22N2O4/c1-4-26-17-8-6-14(10-18(17)25-3)12-22-16-7-5-13(2)9-15(16)20(24)21-11-19(22)23/h5-10H,4,11-12H2,1-3H3,(H,21,24). The Morgan fingerprint density at radius 3 is 2.65 bits per heavy atom. The van der Waals surface area contributed by atoms with Crippen molar-refractivity contribution in [1.82, 2.24) is 5.32 Å². The van der Waals surface area contributed by atoms with Gasteiger partial charge in [-0.25, -0.2) is 0 Å². The van der Waals surface area contributed by atoms with Crippen molar-refractivity contribution in [2.24, 2.45) is 0 Å². The van der Waals surface area contributed by atoms with E-state index in [0.717, 1.165) is 11.1 Å². The SMILES string of the molecule is CCOc1ccc(CN2C(=O)CNC(=O)c3cc(C)ccc32)cc1OC. The number of anilines is 1. The zero-order chi connectivity index (χ0) is 18.7. The molecule has 1 heterocycles. The number of nitrogens with zero attached hydrogens (tertiary/aromatic N) is 1. The van der Waals surface area contributed by atoms with Crippen LogP contribution in [0.15, 0.2) is 36.4 Å². The lowest BCUT2D eigenvalue weighted by Crippen LogP contribution is -2.36. The van der Waals surface area contributed by atoms with Gasteiger partial charge in [0.25, 0.3) is 5.91 Å². The highest BCUT2D eigenvalue weighted by atomic mass is 16.5. The van der Waals surface area contributed by atoms with E-state index in [9.17, 15) is 9.59 Å². The third kappa shape index (κ3) is 3.49. The third-order valence-electron chi connectivity index (χ3n) is 4.26. The van der Waals surface area contributed by atoms with Crippen LogP contribution in [0.4, 0.5) is 5.69 Å². The molecule has 2 amide bonds. The van der Waals surface area contributed by atoms with Gasteiger partial charge in [0, 0.05) is 0 Å². The number of fused-ring (bicyclic) bond motifs is 1. The first kappa shape index (κ1) is 17.8. The van der Waals surface area contributed by atoms with Crippen molar-refractivity contribution >= 4 is 17.5 Å². The molecule has 0 atom stereocenters. The number of aryl methyl sites for hydroxylation is 1. The summed E-state index contributed by atoms with van der Waals surface area (Å²) < 4.78 is 10.9. The van der Waals surface area contributed by atoms with Crippen molar-refractivity contribution < 1.29 is 19.1 Å². The summed E-state index contributed by atoms with van der Waals surface area (Å²) in [6.07, 6.45) is 0. The number of carbonyl (C=O) groups excluding carboxylic acids is 2. The van der Waals surface area contributed by atoms with E-state index in [4.69, 9.17) is 9.47 Å². The molecule has 1 aliphatic heterocycles. The summed E-state index contributed by atoms with van der Waals surface area (Å²) in [4.78, 5) is 26.5. The van der Waals surface area contributed by atoms with E-state index in [2.05, 4.69) is 5.32 Å². The molecule has 0 aliphatic carbocycles. The molecule has 0 aromatic heterocycles. The fraction of sp³-hybridized carbons (Fsp3) is 0.300. The summed E-state index contributed by atoms with van der Waals surface area (Å²) >= 11 is 0. The molecule has 0 unspecified atom stereocenters. The zero-order valence-electron chi connectivity index (χ0n) is 15.2. The number of hydrogen-bond acceptors (Lipinski definition) is 4. The second-order valence-corrected chi connectivity index (χ2v) is 6.10. The Labute approximate surface area is 152 Å². The van der Waals surface area contributed by atoms with Crippen LogP contribution in [0.1, 0.15) is 28.4 Å². The van der Waals surface area contributed by atoms with Gasteiger partial charge in [-0.15, -0.1) is 0 Å². The summed E-state index contributed by atoms with van der Waals surface area (Å²) in [5.74, 6) is 0.886. The molecule has 0 spiro atoms. The highest BCUT2D eigenvalue weighted by molar-refractivity contribution is 6.09. The summed E-state index contributed by atoms with van der Waals surface area (Å²) in [6.45, 7) is 4.68. The van der Waals surface area contributed by atoms with E-state index in [1.807, 2.05) is 44.2 Å². The highest BCUT2D eigenvalue weighted by Gasteiger charge is 2.26. The van der Waals surface area contributed by atoms with Gasteiger partial charge in [-0.3, -0.25) is 9.59 Å². The summed E-state index contributed by atoms with van der Waals surface area (Å²) in [5.41, 5.74) is 2.98. The Hall–Kier alpha value is -3.02. The fourth-order valence-corrected chi connectivity index (χ4v) is 2.99. The summed E-state index contributed by atoms with van der Waals surface area (Å²) in [5, 5.41) is 2.67. The monoisotopic (exact) mass is 354 g/mol. The van der Waals surface area contributed by atoms with Crippen molar-refractivity contribution in [3.8, 4) is 11.5 Å². The Bertz CT molecular complexity index is 848. The van der Waals surface area contributed by atoms with Gasteiger partial charge in [0.05, 0.1) is 38.1 Å². The van der Waals surface area contributed by atoms with E-state index in [1.165, 1.54) is 0 Å². The van der Waals surface area contributed by atoms with Gasteiger partial charge >= 0.3 is 0 Å². The molecule has 6 nitrogen and oxygen atoms in total. The maximum absolute atomic E-state index is 12.6. The summed E-state index contributed by atoms with van der Waals surface area (Å²) in [6, 6.07) is 11.1. The topological polar surface area (TPSA) is 67.9 Å². The maximum Gasteiger partial charge on any atom is 0.253 e. The normalized spacial score (nSPS) is 13.7. The molecular weight excluding hydrogens is 332 g/mol. The van der Waals surface area contributed by atoms with Gasteiger partial charge in [-0.05, 0) is 43.7 Å². The molecule has 2 aromatic rings. The largest absolute Gasteiger partial charge is 0.493 e. The molecule has 0 saturated carbocycles. The van der Waals surface area contributed by atoms with Crippen LogP contribution in [-0.2, 0) is 11.3 Å². The fourth-order valence-electron chi connectivity index (χ4n) is 2.99. The van der Waals surface area contributed by atoms with Crippen molar-refractivity contribution in [2.75, 3.05) is 25.2 Å². The second kappa shape index (κ2) is 7.47. The van der Waals surface area contributed by atoms with Gasteiger partial charge in [0.15, 0.2) is 11.5 Å². The van der Waals surface area contributed by atoms with Crippen molar-refractivity contribution in [3.05, 3.63) is 53.1 Å². The molecule has 1 aliphatic rings. The Balaban J connectivity index is 1.97. The van der Waals surface area contributed by atoms with Gasteiger partial charge < -0.3 is 19.7 Å². The number of rotatable bonds is 5. The molecule has 136 valence electrons. The maximum atomic E-state index is 12.6. The first-order valence-electron chi connectivity index (χ1n) is 8.52. The molecule has 26 heavy (non-hydrogen) atoms. The van der Waals surface area contributed by atoms with E-state index in [0.29, 0.717) is 35.9 Å². The molecule has 0 fully saturated rings. The van der Waals surface area contributed by atoms with E-state index >= 15 is 0 Å². The molecule has 6 heteroatoms. The number of amides is 2. The first-order valence-corrected chi connectivity index (χ1v) is 8.52. The molecule has 0 radical (unpaired) electrons. The van der Waals surface area contributed by atoms with Crippen molar-refractivity contribution in [1.29, 1.82) is 0 Å². The molecule has 3 rings (SSSR count). The Morgan fingerprint density at radius 1 is 1.12 bits per heavy atom. The lowest BCUT2D eigenvalue weighted by atomic mass is 10.1. The van der Waals surface area contributed by atoms with Crippen LogP contribution in [0, 0.1) is 6.92 Å². The molecule has 0 saturated heterocycles. The van der Waals surface area contributed by atoms with Crippen LogP contribution in [0.2, 0.25) is 0 Å². The smallest absolute Gasteiger partial charge is 0.253 e. The lowest BCUT2D eigenvalue weighted by Gasteiger charge is -2.23. The van der Waals surface area contributed by atoms with E-state index in [-0.39, 0.29) is 18.4 Å². The van der Waals surface area contributed by atoms with Crippen LogP contribution in [0.3, 0.4) is 0 Å². The highest BCUT2D eigenvalue weighted by Crippen LogP contribution is 2.31.